The summed E-state index contributed by atoms with van der Waals surface area (Å²) >= 11 is 0. The monoisotopic (exact) mass is 592 g/mol. The normalized spacial score (nSPS) is 10.4. The fourth-order valence-electron chi connectivity index (χ4n) is 3.98. The van der Waals surface area contributed by atoms with E-state index in [4.69, 9.17) is 19.1 Å². The highest BCUT2D eigenvalue weighted by atomic mass is 16.7. The fourth-order valence-corrected chi connectivity index (χ4v) is 3.98. The molecule has 0 heterocycles. The molecule has 3 N–H and O–H groups in total. The Morgan fingerprint density at radius 3 is 1.64 bits per heavy atom. The van der Waals surface area contributed by atoms with Gasteiger partial charge in [-0.25, -0.2) is 25.3 Å². The summed E-state index contributed by atoms with van der Waals surface area (Å²) in [6.07, 6.45) is 0. The van der Waals surface area contributed by atoms with Crippen molar-refractivity contribution in [3.63, 3.8) is 0 Å². The smallest absolute Gasteiger partial charge is 0.362 e. The van der Waals surface area contributed by atoms with Crippen molar-refractivity contribution in [1.82, 2.24) is 0 Å². The summed E-state index contributed by atoms with van der Waals surface area (Å²) in [4.78, 5) is 59.0. The number of benzene rings is 5. The van der Waals surface area contributed by atoms with Gasteiger partial charge in [-0.15, -0.1) is 0 Å². The molecule has 0 aliphatic heterocycles. The van der Waals surface area contributed by atoms with Crippen LogP contribution in [0.1, 0.15) is 38.0 Å². The Labute approximate surface area is 250 Å². The van der Waals surface area contributed by atoms with Gasteiger partial charge < -0.3 is 24.3 Å². The molecule has 220 valence electrons. The van der Waals surface area contributed by atoms with Crippen LogP contribution >= 0.6 is 0 Å². The number of phenolic OH excluding ortho intramolecular Hbond substituents is 1. The molecule has 11 heteroatoms. The molecular formula is C33H24N2O9. The minimum Gasteiger partial charge on any atom is -0.508 e. The van der Waals surface area contributed by atoms with Crippen LogP contribution in [0.4, 0.5) is 11.4 Å². The highest BCUT2D eigenvalue weighted by Gasteiger charge is 2.15. The van der Waals surface area contributed by atoms with Crippen molar-refractivity contribution in [1.29, 1.82) is 0 Å². The molecule has 0 unspecified atom stereocenters. The van der Waals surface area contributed by atoms with Gasteiger partial charge in [-0.2, -0.15) is 0 Å². The zero-order chi connectivity index (χ0) is 31.1. The molecule has 0 aromatic heterocycles. The van der Waals surface area contributed by atoms with Crippen LogP contribution in [0, 0.1) is 0 Å². The Morgan fingerprint density at radius 2 is 1.05 bits per heavy atom. The molecule has 0 saturated heterocycles. The van der Waals surface area contributed by atoms with Crippen LogP contribution in [0.3, 0.4) is 0 Å². The van der Waals surface area contributed by atoms with Gasteiger partial charge in [0.2, 0.25) is 0 Å². The molecule has 5 aromatic rings. The van der Waals surface area contributed by atoms with Crippen LogP contribution in [0.5, 0.6) is 17.2 Å². The van der Waals surface area contributed by atoms with Crippen molar-refractivity contribution >= 4 is 46.0 Å². The Kier molecular flexibility index (Phi) is 8.67. The van der Waals surface area contributed by atoms with Crippen molar-refractivity contribution in [3.05, 3.63) is 126 Å². The lowest BCUT2D eigenvalue weighted by atomic mass is 10.1. The maximum Gasteiger partial charge on any atom is 0.362 e. The first-order valence-corrected chi connectivity index (χ1v) is 13.1. The van der Waals surface area contributed by atoms with Crippen molar-refractivity contribution in [2.45, 2.75) is 6.92 Å². The standard InChI is InChI=1S/C33H24N2O9/c1-20(36)41-29-13-8-26(9-14-29)34-43-32(39)24-4-2-3-23(18-24)31(38)42-30-15-10-27(11-16-30)35-44-33(40)25-6-5-22-19-28(37)12-7-21(22)17-25/h2-19,34-35,37H,1H3. The third kappa shape index (κ3) is 7.47. The average Bonchev–Trinajstić information content (AvgIpc) is 3.03. The van der Waals surface area contributed by atoms with Gasteiger partial charge in [0.1, 0.15) is 17.2 Å². The minimum absolute atomic E-state index is 0.106. The Bertz CT molecular complexity index is 1850. The summed E-state index contributed by atoms with van der Waals surface area (Å²) in [5, 5.41) is 11.1. The summed E-state index contributed by atoms with van der Waals surface area (Å²) in [5.41, 5.74) is 6.47. The Morgan fingerprint density at radius 1 is 0.545 bits per heavy atom. The van der Waals surface area contributed by atoms with Gasteiger partial charge in [-0.3, -0.25) is 4.79 Å². The van der Waals surface area contributed by atoms with E-state index in [1.165, 1.54) is 61.5 Å². The molecular weight excluding hydrogens is 568 g/mol. The third-order valence-electron chi connectivity index (χ3n) is 6.10. The van der Waals surface area contributed by atoms with Crippen LogP contribution in [-0.4, -0.2) is 29.0 Å². The maximum absolute atomic E-state index is 12.7. The van der Waals surface area contributed by atoms with E-state index < -0.39 is 23.9 Å². The lowest BCUT2D eigenvalue weighted by molar-refractivity contribution is -0.131. The highest BCUT2D eigenvalue weighted by molar-refractivity contribution is 5.97. The number of nitrogens with one attached hydrogen (secondary N) is 2. The molecule has 0 aliphatic carbocycles. The number of aromatic hydroxyl groups is 1. The zero-order valence-corrected chi connectivity index (χ0v) is 23.1. The highest BCUT2D eigenvalue weighted by Crippen LogP contribution is 2.23. The summed E-state index contributed by atoms with van der Waals surface area (Å²) in [6, 6.07) is 27.9. The molecule has 0 fully saturated rings. The zero-order valence-electron chi connectivity index (χ0n) is 23.1. The van der Waals surface area contributed by atoms with E-state index in [2.05, 4.69) is 11.0 Å². The predicted octanol–water partition coefficient (Wildman–Crippen LogP) is 6.06. The molecule has 11 nitrogen and oxygen atoms in total. The molecule has 5 aromatic carbocycles. The molecule has 0 atom stereocenters. The van der Waals surface area contributed by atoms with Crippen LogP contribution in [0.25, 0.3) is 10.8 Å². The molecule has 0 amide bonds. The van der Waals surface area contributed by atoms with E-state index in [1.807, 2.05) is 0 Å². The van der Waals surface area contributed by atoms with E-state index in [1.54, 1.807) is 54.6 Å². The second kappa shape index (κ2) is 13.1. The number of hydrogen-bond donors (Lipinski definition) is 3. The summed E-state index contributed by atoms with van der Waals surface area (Å²) in [6.45, 7) is 1.29. The van der Waals surface area contributed by atoms with Crippen molar-refractivity contribution in [2.75, 3.05) is 11.0 Å². The fraction of sp³-hybridized carbons (Fsp3) is 0.0303. The number of fused-ring (bicyclic) bond motifs is 1. The number of ether oxygens (including phenoxy) is 2. The second-order valence-corrected chi connectivity index (χ2v) is 9.34. The van der Waals surface area contributed by atoms with Gasteiger partial charge in [0, 0.05) is 6.92 Å². The molecule has 0 aliphatic rings. The van der Waals surface area contributed by atoms with Crippen molar-refractivity contribution in [2.24, 2.45) is 0 Å². The van der Waals surface area contributed by atoms with E-state index >= 15 is 0 Å². The van der Waals surface area contributed by atoms with E-state index in [9.17, 15) is 24.3 Å². The van der Waals surface area contributed by atoms with E-state index in [0.29, 0.717) is 22.7 Å². The van der Waals surface area contributed by atoms with Crippen LogP contribution in [0.2, 0.25) is 0 Å². The van der Waals surface area contributed by atoms with Crippen LogP contribution < -0.4 is 20.4 Å². The first-order chi connectivity index (χ1) is 21.2. The molecule has 0 spiro atoms. The van der Waals surface area contributed by atoms with Gasteiger partial charge in [0.05, 0.1) is 28.1 Å². The van der Waals surface area contributed by atoms with E-state index in [-0.39, 0.29) is 22.6 Å². The molecule has 0 bridgehead atoms. The van der Waals surface area contributed by atoms with Crippen LogP contribution in [0.15, 0.2) is 109 Å². The number of esters is 2. The molecule has 0 saturated carbocycles. The Hall–Kier alpha value is -6.36. The van der Waals surface area contributed by atoms with Crippen LogP contribution in [-0.2, 0) is 14.5 Å². The van der Waals surface area contributed by atoms with Crippen molar-refractivity contribution in [3.8, 4) is 17.2 Å². The minimum atomic E-state index is -0.739. The van der Waals surface area contributed by atoms with Gasteiger partial charge >= 0.3 is 23.9 Å². The Balaban J connectivity index is 1.12. The number of phenols is 1. The quantitative estimate of drug-likeness (QED) is 0.104. The first kappa shape index (κ1) is 29.1. The summed E-state index contributed by atoms with van der Waals surface area (Å²) < 4.78 is 10.4. The molecule has 5 rings (SSSR count). The number of carbonyl (C=O) groups excluding carboxylic acids is 4. The maximum atomic E-state index is 12.7. The average molecular weight is 593 g/mol. The predicted molar refractivity (Wildman–Crippen MR) is 159 cm³/mol. The summed E-state index contributed by atoms with van der Waals surface area (Å²) in [5.74, 6) is -1.81. The topological polar surface area (TPSA) is 149 Å². The van der Waals surface area contributed by atoms with Gasteiger partial charge in [0.25, 0.3) is 0 Å². The second-order valence-electron chi connectivity index (χ2n) is 9.34. The van der Waals surface area contributed by atoms with E-state index in [0.717, 1.165) is 10.8 Å². The number of rotatable bonds is 9. The van der Waals surface area contributed by atoms with Gasteiger partial charge in [-0.05, 0) is 102 Å². The SMILES string of the molecule is CC(=O)Oc1ccc(NOC(=O)c2cccc(C(=O)Oc3ccc(NOC(=O)c4ccc5cc(O)ccc5c4)cc3)c2)cc1. The molecule has 0 radical (unpaired) electrons. The number of hydrogen-bond acceptors (Lipinski definition) is 11. The third-order valence-corrected chi connectivity index (χ3v) is 6.10. The van der Waals surface area contributed by atoms with Crippen molar-refractivity contribution < 1.29 is 43.4 Å². The lowest BCUT2D eigenvalue weighted by Crippen LogP contribution is -2.13. The first-order valence-electron chi connectivity index (χ1n) is 13.1. The molecule has 44 heavy (non-hydrogen) atoms. The summed E-state index contributed by atoms with van der Waals surface area (Å²) in [7, 11) is 0. The van der Waals surface area contributed by atoms with Gasteiger partial charge in [0.15, 0.2) is 0 Å². The number of anilines is 2. The largest absolute Gasteiger partial charge is 0.508 e. The number of carbonyl (C=O) groups is 4. The van der Waals surface area contributed by atoms with Gasteiger partial charge in [-0.1, -0.05) is 18.2 Å². The lowest BCUT2D eigenvalue weighted by Gasteiger charge is -2.10.